The van der Waals surface area contributed by atoms with Crippen molar-refractivity contribution in [1.29, 1.82) is 0 Å². The summed E-state index contributed by atoms with van der Waals surface area (Å²) in [6.07, 6.45) is -0.891. The van der Waals surface area contributed by atoms with Crippen LogP contribution in [0.5, 0.6) is 0 Å². The van der Waals surface area contributed by atoms with E-state index in [1.54, 1.807) is 24.3 Å². The number of nitro benzene ring substituents is 1. The van der Waals surface area contributed by atoms with Crippen LogP contribution in [-0.2, 0) is 22.6 Å². The Morgan fingerprint density at radius 3 is 2.13 bits per heavy atom. The molecule has 2 heterocycles. The predicted molar refractivity (Wildman–Crippen MR) is 179 cm³/mol. The average molecular weight is 637 g/mol. The summed E-state index contributed by atoms with van der Waals surface area (Å²) in [6, 6.07) is 31.8. The normalized spacial score (nSPS) is 21.7. The summed E-state index contributed by atoms with van der Waals surface area (Å²) in [6.45, 7) is 6.61. The highest BCUT2D eigenvalue weighted by Gasteiger charge is 2.39. The largest absolute Gasteiger partial charge is 0.392 e. The van der Waals surface area contributed by atoms with E-state index in [4.69, 9.17) is 9.47 Å². The van der Waals surface area contributed by atoms with Crippen LogP contribution in [0.25, 0.3) is 0 Å². The highest BCUT2D eigenvalue weighted by atomic mass is 16.7. The lowest BCUT2D eigenvalue weighted by molar-refractivity contribution is -0.384. The quantitative estimate of drug-likeness (QED) is 0.170. The van der Waals surface area contributed by atoms with Crippen LogP contribution in [0.2, 0.25) is 0 Å². The van der Waals surface area contributed by atoms with Crippen LogP contribution >= 0.6 is 0 Å². The van der Waals surface area contributed by atoms with E-state index < -0.39 is 6.29 Å². The molecule has 2 aliphatic rings. The van der Waals surface area contributed by atoms with Gasteiger partial charge in [-0.25, -0.2) is 0 Å². The second kappa shape index (κ2) is 14.9. The van der Waals surface area contributed by atoms with Crippen molar-refractivity contribution in [2.24, 2.45) is 5.92 Å². The number of hydrogen-bond acceptors (Lipinski definition) is 8. The lowest BCUT2D eigenvalue weighted by Gasteiger charge is -2.44. The summed E-state index contributed by atoms with van der Waals surface area (Å²) in [5, 5.41) is 23.6. The van der Waals surface area contributed by atoms with Crippen LogP contribution in [0.4, 0.5) is 11.4 Å². The van der Waals surface area contributed by atoms with Gasteiger partial charge in [0.2, 0.25) is 0 Å². The zero-order chi connectivity index (χ0) is 32.8. The van der Waals surface area contributed by atoms with E-state index in [0.29, 0.717) is 12.1 Å². The molecule has 2 fully saturated rings. The van der Waals surface area contributed by atoms with E-state index in [2.05, 4.69) is 22.0 Å². The summed E-state index contributed by atoms with van der Waals surface area (Å²) in [4.78, 5) is 27.9. The molecule has 2 saturated heterocycles. The summed E-state index contributed by atoms with van der Waals surface area (Å²) in [5.74, 6) is -0.0551. The van der Waals surface area contributed by atoms with Crippen LogP contribution in [0, 0.1) is 16.0 Å². The van der Waals surface area contributed by atoms with Gasteiger partial charge in [-0.2, -0.15) is 0 Å². The summed E-state index contributed by atoms with van der Waals surface area (Å²) in [5.41, 5.74) is 5.47. The number of aliphatic hydroxyl groups is 1. The Bertz CT molecular complexity index is 1620. The van der Waals surface area contributed by atoms with Crippen molar-refractivity contribution in [3.63, 3.8) is 0 Å². The summed E-state index contributed by atoms with van der Waals surface area (Å²) < 4.78 is 13.3. The minimum Gasteiger partial charge on any atom is -0.392 e. The Kier molecular flexibility index (Phi) is 10.2. The van der Waals surface area contributed by atoms with E-state index in [1.807, 2.05) is 78.9 Å². The molecule has 10 heteroatoms. The van der Waals surface area contributed by atoms with Gasteiger partial charge in [0.15, 0.2) is 6.29 Å². The van der Waals surface area contributed by atoms with Crippen molar-refractivity contribution < 1.29 is 24.3 Å². The number of anilines is 1. The number of carbonyl (C=O) groups excluding carboxylic acids is 1. The molecular weight excluding hydrogens is 596 g/mol. The zero-order valence-corrected chi connectivity index (χ0v) is 26.4. The number of nitro groups is 1. The fourth-order valence-corrected chi connectivity index (χ4v) is 6.22. The molecule has 4 aromatic rings. The van der Waals surface area contributed by atoms with Crippen LogP contribution in [0.3, 0.4) is 0 Å². The van der Waals surface area contributed by atoms with Crippen LogP contribution in [0.15, 0.2) is 103 Å². The molecule has 2 aliphatic heterocycles. The number of benzene rings is 4. The first kappa shape index (κ1) is 32.3. The van der Waals surface area contributed by atoms with E-state index in [1.165, 1.54) is 0 Å². The number of aliphatic hydroxyl groups excluding tert-OH is 1. The Hall–Kier alpha value is -4.61. The first-order valence-corrected chi connectivity index (χ1v) is 16.0. The fourth-order valence-electron chi connectivity index (χ4n) is 6.22. The average Bonchev–Trinajstić information content (AvgIpc) is 3.12. The van der Waals surface area contributed by atoms with Gasteiger partial charge in [-0.3, -0.25) is 19.8 Å². The number of nitrogens with one attached hydrogen (secondary N) is 1. The topological polar surface area (TPSA) is 117 Å². The highest BCUT2D eigenvalue weighted by Crippen LogP contribution is 2.42. The van der Waals surface area contributed by atoms with E-state index in [9.17, 15) is 20.0 Å². The lowest BCUT2D eigenvalue weighted by atomic mass is 9.90. The van der Waals surface area contributed by atoms with Crippen LogP contribution in [-0.4, -0.2) is 59.7 Å². The Labute approximate surface area is 274 Å². The summed E-state index contributed by atoms with van der Waals surface area (Å²) >= 11 is 0. The molecule has 2 N–H and O–H groups in total. The molecule has 0 saturated carbocycles. The van der Waals surface area contributed by atoms with Crippen molar-refractivity contribution in [3.8, 4) is 0 Å². The molecule has 0 spiro atoms. The third kappa shape index (κ3) is 7.86. The Morgan fingerprint density at radius 1 is 0.851 bits per heavy atom. The van der Waals surface area contributed by atoms with Gasteiger partial charge in [0.25, 0.3) is 11.6 Å². The SMILES string of the molecule is C[C@H]1[C@@H](CN2CCN(c3ccc([N+](=O)[O-])cc3)CC2)O[C@@H](c2ccc(CNC(=O)c3ccccc3)cc2)O[C@H]1c1ccc(CO)cc1. The highest BCUT2D eigenvalue weighted by molar-refractivity contribution is 5.94. The number of rotatable bonds is 10. The molecule has 10 nitrogen and oxygen atoms in total. The van der Waals surface area contributed by atoms with Crippen molar-refractivity contribution in [2.75, 3.05) is 37.6 Å². The molecule has 0 bridgehead atoms. The number of piperazine rings is 1. The molecule has 4 atom stereocenters. The molecule has 0 aliphatic carbocycles. The molecule has 0 radical (unpaired) electrons. The second-order valence-electron chi connectivity index (χ2n) is 12.2. The van der Waals surface area contributed by atoms with Crippen LogP contribution < -0.4 is 10.2 Å². The molecule has 244 valence electrons. The number of ether oxygens (including phenoxy) is 2. The molecule has 47 heavy (non-hydrogen) atoms. The number of carbonyl (C=O) groups is 1. The van der Waals surface area contributed by atoms with Crippen LogP contribution in [0.1, 0.15) is 51.9 Å². The van der Waals surface area contributed by atoms with Crippen molar-refractivity contribution in [1.82, 2.24) is 10.2 Å². The van der Waals surface area contributed by atoms with Gasteiger partial charge in [-0.05, 0) is 41.0 Å². The minimum atomic E-state index is -0.576. The van der Waals surface area contributed by atoms with Gasteiger partial charge in [-0.1, -0.05) is 73.7 Å². The van der Waals surface area contributed by atoms with Crippen molar-refractivity contribution >= 4 is 17.3 Å². The molecule has 0 aromatic heterocycles. The molecule has 1 amide bonds. The minimum absolute atomic E-state index is 0.0142. The van der Waals surface area contributed by atoms with Gasteiger partial charge < -0.3 is 24.8 Å². The predicted octanol–water partition coefficient (Wildman–Crippen LogP) is 5.63. The number of non-ortho nitro benzene ring substituents is 1. The number of hydrogen-bond donors (Lipinski definition) is 2. The fraction of sp³-hybridized carbons (Fsp3) is 0.324. The number of amides is 1. The maximum atomic E-state index is 12.5. The molecule has 0 unspecified atom stereocenters. The standard InChI is InChI=1S/C37H40N4O6/c1-26-34(24-39-19-21-40(22-20-39)32-15-17-33(18-16-32)41(44)45)46-37(47-35(26)29-11-9-28(25-42)10-12-29)31-13-7-27(8-14-31)23-38-36(43)30-5-3-2-4-6-30/h2-18,26,34-35,37,42H,19-25H2,1H3,(H,38,43)/t26-,34+,35+,37+/m0/s1. The smallest absolute Gasteiger partial charge is 0.269 e. The van der Waals surface area contributed by atoms with Gasteiger partial charge in [0, 0.05) is 74.1 Å². The first-order chi connectivity index (χ1) is 22.9. The first-order valence-electron chi connectivity index (χ1n) is 16.0. The molecule has 6 rings (SSSR count). The zero-order valence-electron chi connectivity index (χ0n) is 26.4. The van der Waals surface area contributed by atoms with E-state index >= 15 is 0 Å². The lowest BCUT2D eigenvalue weighted by Crippen LogP contribution is -2.51. The monoisotopic (exact) mass is 636 g/mol. The van der Waals surface area contributed by atoms with Crippen molar-refractivity contribution in [3.05, 3.63) is 141 Å². The van der Waals surface area contributed by atoms with Gasteiger partial charge >= 0.3 is 0 Å². The molecular formula is C37H40N4O6. The Balaban J connectivity index is 1.13. The summed E-state index contributed by atoms with van der Waals surface area (Å²) in [7, 11) is 0. The number of nitrogens with zero attached hydrogens (tertiary/aromatic N) is 3. The van der Waals surface area contributed by atoms with Crippen molar-refractivity contribution in [2.45, 2.75) is 38.6 Å². The second-order valence-corrected chi connectivity index (χ2v) is 12.2. The molecule has 4 aromatic carbocycles. The third-order valence-electron chi connectivity index (χ3n) is 9.10. The maximum absolute atomic E-state index is 12.5. The van der Waals surface area contributed by atoms with E-state index in [0.717, 1.165) is 60.7 Å². The van der Waals surface area contributed by atoms with Gasteiger partial charge in [0.05, 0.1) is 23.7 Å². The van der Waals surface area contributed by atoms with Gasteiger partial charge in [-0.15, -0.1) is 0 Å². The van der Waals surface area contributed by atoms with E-state index in [-0.39, 0.29) is 41.3 Å². The third-order valence-corrected chi connectivity index (χ3v) is 9.10. The van der Waals surface area contributed by atoms with Gasteiger partial charge in [0.1, 0.15) is 0 Å². The maximum Gasteiger partial charge on any atom is 0.269 e. The Morgan fingerprint density at radius 2 is 1.49 bits per heavy atom.